The first-order valence-corrected chi connectivity index (χ1v) is 6.66. The molecule has 3 aliphatic carbocycles. The number of rotatable bonds is 0. The lowest BCUT2D eigenvalue weighted by Gasteiger charge is -2.55. The van der Waals surface area contributed by atoms with Gasteiger partial charge in [-0.1, -0.05) is 39.3 Å². The standard InChI is InChI=1S/C15H24/c1-13(2)9-10-15-7-4-6-14(3,11-15)8-5-12(13)15/h9-10,12H,4-8,11H2,1-3H3/t12-,14+,15-/m1/s1. The third-order valence-corrected chi connectivity index (χ3v) is 5.65. The van der Waals surface area contributed by atoms with Gasteiger partial charge in [-0.15, -0.1) is 0 Å². The fourth-order valence-corrected chi connectivity index (χ4v) is 4.97. The van der Waals surface area contributed by atoms with Gasteiger partial charge in [0, 0.05) is 0 Å². The van der Waals surface area contributed by atoms with Gasteiger partial charge in [-0.25, -0.2) is 0 Å². The summed E-state index contributed by atoms with van der Waals surface area (Å²) in [7, 11) is 0. The summed E-state index contributed by atoms with van der Waals surface area (Å²) in [5.74, 6) is 0.943. The fraction of sp³-hybridized carbons (Fsp3) is 0.867. The Kier molecular flexibility index (Phi) is 1.79. The molecule has 2 saturated carbocycles. The van der Waals surface area contributed by atoms with Gasteiger partial charge in [-0.3, -0.25) is 0 Å². The molecule has 2 bridgehead atoms. The van der Waals surface area contributed by atoms with Gasteiger partial charge in [0.25, 0.3) is 0 Å². The molecule has 0 heteroatoms. The van der Waals surface area contributed by atoms with Crippen LogP contribution >= 0.6 is 0 Å². The minimum absolute atomic E-state index is 0.471. The topological polar surface area (TPSA) is 0 Å². The maximum absolute atomic E-state index is 2.61. The molecule has 1 spiro atoms. The predicted octanol–water partition coefficient (Wildman–Crippen LogP) is 4.56. The molecule has 0 radical (unpaired) electrons. The van der Waals surface area contributed by atoms with Crippen molar-refractivity contribution in [1.29, 1.82) is 0 Å². The minimum atomic E-state index is 0.471. The van der Waals surface area contributed by atoms with Gasteiger partial charge < -0.3 is 0 Å². The van der Waals surface area contributed by atoms with Crippen molar-refractivity contribution in [3.63, 3.8) is 0 Å². The van der Waals surface area contributed by atoms with Crippen molar-refractivity contribution in [2.75, 3.05) is 0 Å². The van der Waals surface area contributed by atoms with Crippen LogP contribution in [0.3, 0.4) is 0 Å². The molecule has 0 unspecified atom stereocenters. The van der Waals surface area contributed by atoms with Crippen molar-refractivity contribution >= 4 is 0 Å². The van der Waals surface area contributed by atoms with Gasteiger partial charge in [0.2, 0.25) is 0 Å². The Morgan fingerprint density at radius 1 is 1.00 bits per heavy atom. The largest absolute Gasteiger partial charge is 0.0820 e. The van der Waals surface area contributed by atoms with Gasteiger partial charge in [0.1, 0.15) is 0 Å². The molecule has 0 N–H and O–H groups in total. The van der Waals surface area contributed by atoms with Gasteiger partial charge in [-0.05, 0) is 54.3 Å². The van der Waals surface area contributed by atoms with Crippen LogP contribution in [0.25, 0.3) is 0 Å². The maximum atomic E-state index is 2.61. The molecule has 2 fully saturated rings. The molecule has 84 valence electrons. The minimum Gasteiger partial charge on any atom is -0.0820 e. The molecule has 0 aromatic carbocycles. The first-order valence-electron chi connectivity index (χ1n) is 6.66. The van der Waals surface area contributed by atoms with Crippen molar-refractivity contribution in [3.05, 3.63) is 12.2 Å². The molecular formula is C15H24. The van der Waals surface area contributed by atoms with Crippen molar-refractivity contribution in [2.24, 2.45) is 22.2 Å². The van der Waals surface area contributed by atoms with E-state index in [2.05, 4.69) is 32.9 Å². The summed E-state index contributed by atoms with van der Waals surface area (Å²) < 4.78 is 0. The van der Waals surface area contributed by atoms with E-state index in [0.717, 1.165) is 5.92 Å². The third-order valence-electron chi connectivity index (χ3n) is 5.65. The van der Waals surface area contributed by atoms with E-state index in [1.54, 1.807) is 0 Å². The lowest BCUT2D eigenvalue weighted by molar-refractivity contribution is -0.0270. The molecule has 0 aliphatic heterocycles. The summed E-state index contributed by atoms with van der Waals surface area (Å²) in [5, 5.41) is 0. The number of allylic oxidation sites excluding steroid dienone is 2. The number of fused-ring (bicyclic) bond motifs is 1. The van der Waals surface area contributed by atoms with E-state index in [9.17, 15) is 0 Å². The predicted molar refractivity (Wildman–Crippen MR) is 64.7 cm³/mol. The summed E-state index contributed by atoms with van der Waals surface area (Å²) in [6.07, 6.45) is 14.0. The van der Waals surface area contributed by atoms with Crippen LogP contribution in [0.1, 0.15) is 59.3 Å². The average Bonchev–Trinajstić information content (AvgIpc) is 2.36. The van der Waals surface area contributed by atoms with Gasteiger partial charge in [0.05, 0.1) is 0 Å². The van der Waals surface area contributed by atoms with Gasteiger partial charge in [-0.2, -0.15) is 0 Å². The Bertz CT molecular complexity index is 312. The molecule has 0 amide bonds. The monoisotopic (exact) mass is 204 g/mol. The summed E-state index contributed by atoms with van der Waals surface area (Å²) in [5.41, 5.74) is 1.76. The van der Waals surface area contributed by atoms with Crippen LogP contribution in [0, 0.1) is 22.2 Å². The lowest BCUT2D eigenvalue weighted by atomic mass is 9.50. The lowest BCUT2D eigenvalue weighted by Crippen LogP contribution is -2.45. The van der Waals surface area contributed by atoms with Crippen LogP contribution < -0.4 is 0 Å². The molecule has 0 heterocycles. The molecule has 0 aromatic heterocycles. The maximum Gasteiger partial charge on any atom is -0.00765 e. The van der Waals surface area contributed by atoms with Crippen LogP contribution in [0.5, 0.6) is 0 Å². The molecular weight excluding hydrogens is 180 g/mol. The van der Waals surface area contributed by atoms with Gasteiger partial charge in [0.15, 0.2) is 0 Å². The Labute approximate surface area is 94.1 Å². The van der Waals surface area contributed by atoms with Crippen molar-refractivity contribution < 1.29 is 0 Å². The first kappa shape index (κ1) is 9.93. The Hall–Kier alpha value is -0.260. The summed E-state index contributed by atoms with van der Waals surface area (Å²) >= 11 is 0. The second-order valence-corrected chi connectivity index (χ2v) is 7.32. The fourth-order valence-electron chi connectivity index (χ4n) is 4.97. The van der Waals surface area contributed by atoms with E-state index in [-0.39, 0.29) is 0 Å². The van der Waals surface area contributed by atoms with Crippen LogP contribution in [0.4, 0.5) is 0 Å². The van der Waals surface area contributed by atoms with Crippen molar-refractivity contribution in [2.45, 2.75) is 59.3 Å². The second kappa shape index (κ2) is 2.70. The zero-order valence-electron chi connectivity index (χ0n) is 10.5. The van der Waals surface area contributed by atoms with Crippen LogP contribution in [0.2, 0.25) is 0 Å². The molecule has 3 rings (SSSR count). The number of hydrogen-bond donors (Lipinski definition) is 0. The van der Waals surface area contributed by atoms with Crippen LogP contribution in [-0.4, -0.2) is 0 Å². The highest BCUT2D eigenvalue weighted by Gasteiger charge is 2.55. The first-order chi connectivity index (χ1) is 6.96. The van der Waals surface area contributed by atoms with E-state index < -0.39 is 0 Å². The molecule has 3 aliphatic rings. The van der Waals surface area contributed by atoms with Crippen LogP contribution in [0.15, 0.2) is 12.2 Å². The number of hydrogen-bond acceptors (Lipinski definition) is 0. The summed E-state index contributed by atoms with van der Waals surface area (Å²) in [4.78, 5) is 0. The molecule has 3 atom stereocenters. The zero-order valence-corrected chi connectivity index (χ0v) is 10.5. The molecule has 0 nitrogen and oxygen atoms in total. The zero-order chi connectivity index (χ0) is 10.7. The average molecular weight is 204 g/mol. The van der Waals surface area contributed by atoms with E-state index in [4.69, 9.17) is 0 Å². The Morgan fingerprint density at radius 3 is 2.60 bits per heavy atom. The summed E-state index contributed by atoms with van der Waals surface area (Å²) in [6, 6.07) is 0. The highest BCUT2D eigenvalue weighted by molar-refractivity contribution is 5.22. The molecule has 0 saturated heterocycles. The third kappa shape index (κ3) is 1.26. The quantitative estimate of drug-likeness (QED) is 0.507. The van der Waals surface area contributed by atoms with Crippen LogP contribution in [-0.2, 0) is 0 Å². The van der Waals surface area contributed by atoms with E-state index in [0.29, 0.717) is 16.2 Å². The van der Waals surface area contributed by atoms with E-state index in [1.807, 2.05) is 0 Å². The Morgan fingerprint density at radius 2 is 1.80 bits per heavy atom. The SMILES string of the molecule is CC1(C)C=C[C@@]23CCC[C@@](C)(CC[C@H]12)C3. The molecule has 15 heavy (non-hydrogen) atoms. The van der Waals surface area contributed by atoms with E-state index >= 15 is 0 Å². The smallest absolute Gasteiger partial charge is 0.00765 e. The van der Waals surface area contributed by atoms with Gasteiger partial charge >= 0.3 is 0 Å². The molecule has 0 aromatic rings. The normalized spacial score (nSPS) is 51.5. The van der Waals surface area contributed by atoms with Crippen molar-refractivity contribution in [1.82, 2.24) is 0 Å². The van der Waals surface area contributed by atoms with Crippen molar-refractivity contribution in [3.8, 4) is 0 Å². The Balaban J connectivity index is 1.99. The summed E-state index contributed by atoms with van der Waals surface area (Å²) in [6.45, 7) is 7.42. The highest BCUT2D eigenvalue weighted by Crippen LogP contribution is 2.65. The van der Waals surface area contributed by atoms with E-state index in [1.165, 1.54) is 38.5 Å². The highest BCUT2D eigenvalue weighted by atomic mass is 14.6. The second-order valence-electron chi connectivity index (χ2n) is 7.32.